The molecular weight excluding hydrogens is 197 g/mol. The zero-order valence-corrected chi connectivity index (χ0v) is 10.7. The molecule has 12 heavy (non-hydrogen) atoms. The maximum Gasteiger partial charge on any atom is 0.130 e. The quantitative estimate of drug-likeness (QED) is 0.433. The number of rotatable bonds is 2. The van der Waals surface area contributed by atoms with E-state index in [1.54, 1.807) is 0 Å². The molecule has 0 aliphatic rings. The summed E-state index contributed by atoms with van der Waals surface area (Å²) in [6.07, 6.45) is 0. The number of thiocarbonyl (C=S) groups is 1. The van der Waals surface area contributed by atoms with E-state index < -0.39 is 0 Å². The minimum atomic E-state index is 0. The van der Waals surface area contributed by atoms with E-state index in [-0.39, 0.29) is 29.6 Å². The van der Waals surface area contributed by atoms with Gasteiger partial charge in [0, 0.05) is 36.1 Å². The van der Waals surface area contributed by atoms with Gasteiger partial charge in [-0.15, -0.1) is 12.6 Å². The Kier molecular flexibility index (Phi) is 7.19. The molecule has 0 saturated carbocycles. The molecular formula is C8H9NNaS2. The van der Waals surface area contributed by atoms with E-state index in [9.17, 15) is 0 Å². The van der Waals surface area contributed by atoms with Crippen LogP contribution in [0.5, 0.6) is 0 Å². The minimum absolute atomic E-state index is 0. The van der Waals surface area contributed by atoms with Crippen LogP contribution in [0.1, 0.15) is 5.56 Å². The van der Waals surface area contributed by atoms with Gasteiger partial charge in [-0.2, -0.15) is 0 Å². The number of thiol groups is 1. The molecule has 1 N–H and O–H groups in total. The van der Waals surface area contributed by atoms with Crippen molar-refractivity contribution in [2.45, 2.75) is 6.54 Å². The first-order chi connectivity index (χ1) is 5.29. The summed E-state index contributed by atoms with van der Waals surface area (Å²) >= 11 is 8.70. The Morgan fingerprint density at radius 3 is 2.42 bits per heavy atom. The standard InChI is InChI=1S/C8H9NS2.Na/c10-8(11)9-6-7-4-2-1-3-5-7;/h1-5H,6H2,(H2,9,10,11);. The normalized spacial score (nSPS) is 8.42. The van der Waals surface area contributed by atoms with Crippen LogP contribution in [0.15, 0.2) is 30.3 Å². The summed E-state index contributed by atoms with van der Waals surface area (Å²) < 4.78 is 0.536. The SMILES string of the molecule is S=C(S)NCc1ccccc1.[Na]. The summed E-state index contributed by atoms with van der Waals surface area (Å²) in [6, 6.07) is 10.1. The van der Waals surface area contributed by atoms with Gasteiger partial charge in [0.2, 0.25) is 0 Å². The molecule has 0 heterocycles. The third-order valence-electron chi connectivity index (χ3n) is 1.29. The van der Waals surface area contributed by atoms with Gasteiger partial charge in [0.25, 0.3) is 0 Å². The van der Waals surface area contributed by atoms with Gasteiger partial charge in [-0.3, -0.25) is 0 Å². The van der Waals surface area contributed by atoms with Crippen LogP contribution in [0.3, 0.4) is 0 Å². The molecule has 1 aromatic carbocycles. The molecule has 0 aromatic heterocycles. The van der Waals surface area contributed by atoms with E-state index in [2.05, 4.69) is 17.9 Å². The molecule has 0 saturated heterocycles. The largest absolute Gasteiger partial charge is 0.367 e. The predicted octanol–water partition coefficient (Wildman–Crippen LogP) is 1.61. The van der Waals surface area contributed by atoms with Crippen LogP contribution in [0, 0.1) is 0 Å². The average molecular weight is 206 g/mol. The van der Waals surface area contributed by atoms with Gasteiger partial charge in [-0.25, -0.2) is 0 Å². The number of hydrogen-bond donors (Lipinski definition) is 2. The second-order valence-electron chi connectivity index (χ2n) is 2.14. The smallest absolute Gasteiger partial charge is 0.130 e. The van der Waals surface area contributed by atoms with E-state index in [1.807, 2.05) is 30.3 Å². The number of hydrogen-bond acceptors (Lipinski definition) is 1. The second kappa shape index (κ2) is 6.92. The Balaban J connectivity index is 0.00000121. The van der Waals surface area contributed by atoms with Crippen molar-refractivity contribution in [2.24, 2.45) is 0 Å². The molecule has 0 aliphatic heterocycles. The summed E-state index contributed by atoms with van der Waals surface area (Å²) in [5, 5.41) is 2.96. The van der Waals surface area contributed by atoms with Crippen molar-refractivity contribution in [2.75, 3.05) is 0 Å². The molecule has 1 rings (SSSR count). The van der Waals surface area contributed by atoms with Gasteiger partial charge in [0.1, 0.15) is 4.32 Å². The van der Waals surface area contributed by atoms with Crippen molar-refractivity contribution in [1.82, 2.24) is 5.32 Å². The fraction of sp³-hybridized carbons (Fsp3) is 0.125. The number of nitrogens with one attached hydrogen (secondary N) is 1. The predicted molar refractivity (Wildman–Crippen MR) is 60.6 cm³/mol. The van der Waals surface area contributed by atoms with Crippen molar-refractivity contribution in [1.29, 1.82) is 0 Å². The Labute approximate surface area is 106 Å². The maximum atomic E-state index is 4.75. The van der Waals surface area contributed by atoms with Crippen LogP contribution in [-0.4, -0.2) is 33.9 Å². The zero-order valence-electron chi connectivity index (χ0n) is 6.95. The molecule has 4 heteroatoms. The number of benzene rings is 1. The molecule has 0 amide bonds. The van der Waals surface area contributed by atoms with E-state index in [0.29, 0.717) is 4.32 Å². The Bertz CT molecular complexity index is 238. The Hall–Kier alpha value is 0.460. The molecule has 1 nitrogen and oxygen atoms in total. The third-order valence-corrected chi connectivity index (χ3v) is 1.59. The molecule has 0 atom stereocenters. The average Bonchev–Trinajstić information content (AvgIpc) is 2.03. The second-order valence-corrected chi connectivity index (χ2v) is 3.30. The van der Waals surface area contributed by atoms with E-state index in [0.717, 1.165) is 6.54 Å². The van der Waals surface area contributed by atoms with Crippen molar-refractivity contribution >= 4 is 58.7 Å². The van der Waals surface area contributed by atoms with E-state index in [4.69, 9.17) is 12.2 Å². The van der Waals surface area contributed by atoms with Crippen molar-refractivity contribution < 1.29 is 0 Å². The van der Waals surface area contributed by atoms with Gasteiger partial charge < -0.3 is 5.32 Å². The Morgan fingerprint density at radius 2 is 1.92 bits per heavy atom. The fourth-order valence-electron chi connectivity index (χ4n) is 0.774. The molecule has 0 bridgehead atoms. The van der Waals surface area contributed by atoms with Gasteiger partial charge in [0.05, 0.1) is 0 Å². The monoisotopic (exact) mass is 206 g/mol. The first kappa shape index (κ1) is 12.5. The molecule has 0 fully saturated rings. The molecule has 1 radical (unpaired) electrons. The van der Waals surface area contributed by atoms with Crippen molar-refractivity contribution in [3.8, 4) is 0 Å². The van der Waals surface area contributed by atoms with Gasteiger partial charge >= 0.3 is 0 Å². The molecule has 0 spiro atoms. The van der Waals surface area contributed by atoms with Crippen LogP contribution in [0.4, 0.5) is 0 Å². The maximum absolute atomic E-state index is 4.75. The van der Waals surface area contributed by atoms with Gasteiger partial charge in [-0.1, -0.05) is 42.5 Å². The van der Waals surface area contributed by atoms with Crippen LogP contribution >= 0.6 is 24.8 Å². The summed E-state index contributed by atoms with van der Waals surface area (Å²) in [7, 11) is 0. The van der Waals surface area contributed by atoms with Crippen LogP contribution in [-0.2, 0) is 6.54 Å². The van der Waals surface area contributed by atoms with Crippen molar-refractivity contribution in [3.05, 3.63) is 35.9 Å². The third kappa shape index (κ3) is 5.17. The van der Waals surface area contributed by atoms with E-state index in [1.165, 1.54) is 5.56 Å². The molecule has 59 valence electrons. The fourth-order valence-corrected chi connectivity index (χ4v) is 0.925. The van der Waals surface area contributed by atoms with Crippen LogP contribution in [0.2, 0.25) is 0 Å². The summed E-state index contributed by atoms with van der Waals surface area (Å²) in [5.41, 5.74) is 1.21. The molecule has 0 unspecified atom stereocenters. The first-order valence-corrected chi connectivity index (χ1v) is 4.15. The van der Waals surface area contributed by atoms with Crippen molar-refractivity contribution in [3.63, 3.8) is 0 Å². The minimum Gasteiger partial charge on any atom is -0.367 e. The first-order valence-electron chi connectivity index (χ1n) is 3.30. The van der Waals surface area contributed by atoms with Crippen LogP contribution < -0.4 is 5.32 Å². The van der Waals surface area contributed by atoms with E-state index >= 15 is 0 Å². The van der Waals surface area contributed by atoms with Gasteiger partial charge in [0.15, 0.2) is 0 Å². The molecule has 1 aromatic rings. The molecule has 0 aliphatic carbocycles. The zero-order chi connectivity index (χ0) is 8.10. The van der Waals surface area contributed by atoms with Crippen LogP contribution in [0.25, 0.3) is 0 Å². The summed E-state index contributed by atoms with van der Waals surface area (Å²) in [4.78, 5) is 0. The topological polar surface area (TPSA) is 12.0 Å². The summed E-state index contributed by atoms with van der Waals surface area (Å²) in [5.74, 6) is 0. The van der Waals surface area contributed by atoms with Gasteiger partial charge in [-0.05, 0) is 5.56 Å². The summed E-state index contributed by atoms with van der Waals surface area (Å²) in [6.45, 7) is 0.753. The Morgan fingerprint density at radius 1 is 1.33 bits per heavy atom.